The van der Waals surface area contributed by atoms with Crippen LogP contribution in [-0.2, 0) is 6.51 Å². The summed E-state index contributed by atoms with van der Waals surface area (Å²) in [6.07, 6.45) is 0. The van der Waals surface area contributed by atoms with Crippen molar-refractivity contribution in [1.82, 2.24) is 0 Å². The van der Waals surface area contributed by atoms with Crippen molar-refractivity contribution in [3.05, 3.63) is 0 Å². The third kappa shape index (κ3) is 0.661. The molecule has 1 spiro atoms. The molecule has 10 fully saturated rings. The molecule has 10 saturated heterocycles. The second kappa shape index (κ2) is 3.35. The molecule has 0 aromatic carbocycles. The van der Waals surface area contributed by atoms with Gasteiger partial charge in [-0.2, -0.15) is 0 Å². The summed E-state index contributed by atoms with van der Waals surface area (Å²) >= 11 is 0. The van der Waals surface area contributed by atoms with Gasteiger partial charge in [-0.25, -0.2) is 0 Å². The zero-order valence-electron chi connectivity index (χ0n) is 24.7. The number of hydrogen-bond acceptors (Lipinski definition) is 0. The van der Waals surface area contributed by atoms with E-state index in [1.807, 2.05) is 11.6 Å². The average Bonchev–Trinajstić information content (AvgIpc) is 3.58. The Kier molecular flexibility index (Phi) is 2.27. The molecular formula is C26H54FeP4Si4. The van der Waals surface area contributed by atoms with Crippen LogP contribution >= 0.6 is 31.8 Å². The van der Waals surface area contributed by atoms with E-state index < -0.39 is 38.8 Å². The maximum absolute atomic E-state index is 3.34. The Hall–Kier alpha value is 3.11. The molecule has 12 unspecified atom stereocenters. The summed E-state index contributed by atoms with van der Waals surface area (Å²) in [6.45, 7) is 29.5. The van der Waals surface area contributed by atoms with E-state index in [1.54, 1.807) is 11.6 Å². The SMILES string of the molecule is C[Si](C)(C)CPP(C[Si](C)(C)C)[C]12[CH]3[CH]4[CH]5[CH]1[Fe]45321678[CH]2[CH]1[CH]6[C]7(P(C[Si](C)(C)C)PC[Si](C)(C)C)[CH]28. The van der Waals surface area contributed by atoms with Crippen molar-refractivity contribution in [3.63, 3.8) is 0 Å². The molecule has 12 atom stereocenters. The van der Waals surface area contributed by atoms with Gasteiger partial charge in [-0.15, -0.1) is 0 Å². The van der Waals surface area contributed by atoms with E-state index in [4.69, 9.17) is 0 Å². The van der Waals surface area contributed by atoms with E-state index in [9.17, 15) is 0 Å². The third-order valence-corrected chi connectivity index (χ3v) is 104. The average molecular weight is 659 g/mol. The first-order valence-corrected chi connectivity index (χ1v) is 43.0. The van der Waals surface area contributed by atoms with Gasteiger partial charge in [-0.05, 0) is 0 Å². The number of rotatable bonds is 12. The van der Waals surface area contributed by atoms with E-state index in [-0.39, 0.29) is 0 Å². The van der Waals surface area contributed by atoms with Gasteiger partial charge in [0.1, 0.15) is 0 Å². The Bertz CT molecular complexity index is 1360. The molecule has 10 aliphatic rings. The summed E-state index contributed by atoms with van der Waals surface area (Å²) < 4.78 is 2.43. The van der Waals surface area contributed by atoms with Crippen LogP contribution in [0.5, 0.6) is 0 Å². The fourth-order valence-electron chi connectivity index (χ4n) is 20.0. The van der Waals surface area contributed by atoms with Crippen molar-refractivity contribution < 1.29 is 6.51 Å². The zero-order valence-corrected chi connectivity index (χ0v) is 33.6. The molecule has 0 saturated carbocycles. The fraction of sp³-hybridized carbons (Fsp3) is 1.00. The Morgan fingerprint density at radius 1 is 0.514 bits per heavy atom. The monoisotopic (exact) mass is 658 g/mol. The molecule has 35 heavy (non-hydrogen) atoms. The van der Waals surface area contributed by atoms with Gasteiger partial charge in [0.15, 0.2) is 0 Å². The number of fused-ring (bicyclic) bond motifs is 10. The summed E-state index contributed by atoms with van der Waals surface area (Å²) in [6, 6.07) is 0. The van der Waals surface area contributed by atoms with Crippen molar-refractivity contribution in [2.24, 2.45) is 0 Å². The molecule has 10 heterocycles. The Morgan fingerprint density at radius 2 is 0.800 bits per heavy atom. The standard InChI is InChI=1S/2C13H27P2Si2.Fe/c2*1-16(2,3)11-14-15(12-17(4,5)6)13-9-7-8-10-13;/h2*7-10,14H,11-12H2,1-6H3;. The van der Waals surface area contributed by atoms with Crippen LogP contribution < -0.4 is 0 Å². The molecule has 0 amide bonds. The zero-order chi connectivity index (χ0) is 25.3. The van der Waals surface area contributed by atoms with Gasteiger partial charge in [-0.3, -0.25) is 0 Å². The van der Waals surface area contributed by atoms with Crippen LogP contribution in [-0.4, -0.2) is 63.5 Å². The molecule has 0 aromatic heterocycles. The van der Waals surface area contributed by atoms with Gasteiger partial charge < -0.3 is 0 Å². The first-order chi connectivity index (χ1) is 15.6. The van der Waals surface area contributed by atoms with Crippen molar-refractivity contribution in [2.45, 2.75) is 125 Å². The molecule has 10 rings (SSSR count). The van der Waals surface area contributed by atoms with Gasteiger partial charge in [0.25, 0.3) is 0 Å². The summed E-state index contributed by atoms with van der Waals surface area (Å²) in [5.74, 6) is 7.07. The quantitative estimate of drug-likeness (QED) is 0.145. The first kappa shape index (κ1) is 23.6. The third-order valence-electron chi connectivity index (χ3n) is 18.3. The molecule has 9 heteroatoms. The minimum absolute atomic E-state index is 0.406. The van der Waals surface area contributed by atoms with Crippen LogP contribution in [0.4, 0.5) is 0 Å². The fourth-order valence-corrected chi connectivity index (χ4v) is 178. The summed E-state index contributed by atoms with van der Waals surface area (Å²) in [7, 11) is -0.115. The molecular weight excluding hydrogens is 604 g/mol. The van der Waals surface area contributed by atoms with Crippen LogP contribution in [0.1, 0.15) is 0 Å². The molecule has 0 nitrogen and oxygen atoms in total. The van der Waals surface area contributed by atoms with Crippen molar-refractivity contribution in [1.29, 1.82) is 0 Å². The van der Waals surface area contributed by atoms with E-state index in [0.717, 1.165) is 0 Å². The van der Waals surface area contributed by atoms with E-state index in [1.165, 1.54) is 63.2 Å². The summed E-state index contributed by atoms with van der Waals surface area (Å²) in [5, 5.41) is 0. The second-order valence-electron chi connectivity index (χ2n) is 21.8. The van der Waals surface area contributed by atoms with Crippen LogP contribution in [0.3, 0.4) is 0 Å². The number of hydrogen-bond donors (Lipinski definition) is 0. The van der Waals surface area contributed by atoms with Gasteiger partial charge >= 0.3 is 219 Å². The van der Waals surface area contributed by atoms with Crippen LogP contribution in [0.25, 0.3) is 0 Å². The van der Waals surface area contributed by atoms with Gasteiger partial charge in [0.2, 0.25) is 0 Å². The molecule has 0 bridgehead atoms. The van der Waals surface area contributed by atoms with Crippen molar-refractivity contribution >= 4 is 64.1 Å². The molecule has 0 aliphatic carbocycles. The maximum atomic E-state index is 2.77. The minimum atomic E-state index is -3.34. The van der Waals surface area contributed by atoms with E-state index in [2.05, 4.69) is 78.6 Å². The molecule has 10 aliphatic heterocycles. The first-order valence-electron chi connectivity index (χ1n) is 14.8. The van der Waals surface area contributed by atoms with Crippen LogP contribution in [0.2, 0.25) is 117 Å². The van der Waals surface area contributed by atoms with E-state index >= 15 is 0 Å². The van der Waals surface area contributed by atoms with Gasteiger partial charge in [-0.1, -0.05) is 0 Å². The molecule has 0 aromatic rings. The second-order valence-corrected chi connectivity index (χ2v) is 80.6. The van der Waals surface area contributed by atoms with Crippen molar-refractivity contribution in [3.8, 4) is 0 Å². The van der Waals surface area contributed by atoms with Crippen molar-refractivity contribution in [2.75, 3.05) is 23.1 Å². The Labute approximate surface area is 217 Å². The van der Waals surface area contributed by atoms with Crippen LogP contribution in [0, 0.1) is 0 Å². The predicted octanol–water partition coefficient (Wildman–Crippen LogP) is 10.9. The summed E-state index contributed by atoms with van der Waals surface area (Å²) in [4.78, 5) is 12.3. The molecule has 202 valence electrons. The molecule has 0 radical (unpaired) electrons. The normalized spacial score (nSPS) is 70.9. The van der Waals surface area contributed by atoms with E-state index in [0.29, 0.717) is 15.2 Å². The molecule has 0 N–H and O–H groups in total. The Morgan fingerprint density at radius 3 is 1.00 bits per heavy atom. The summed E-state index contributed by atoms with van der Waals surface area (Å²) in [5.41, 5.74) is 0. The Balaban J connectivity index is 1.13. The van der Waals surface area contributed by atoms with Gasteiger partial charge in [0, 0.05) is 0 Å². The predicted molar refractivity (Wildman–Crippen MR) is 179 cm³/mol. The van der Waals surface area contributed by atoms with Gasteiger partial charge in [0.05, 0.1) is 0 Å². The van der Waals surface area contributed by atoms with Crippen LogP contribution in [0.15, 0.2) is 0 Å². The topological polar surface area (TPSA) is 0 Å².